The third-order valence-electron chi connectivity index (χ3n) is 2.50. The number of carbonyl (C=O) groups is 1. The summed E-state index contributed by atoms with van der Waals surface area (Å²) in [6.07, 6.45) is 4.95. The van der Waals surface area contributed by atoms with Crippen LogP contribution in [0.4, 0.5) is 5.69 Å². The second kappa shape index (κ2) is 4.94. The molecule has 0 radical (unpaired) electrons. The monoisotopic (exact) mass is 222 g/mol. The standard InChI is InChI=1S/C11H14N2O3/c12-10-6-13-4-3-9(10)11(14)16-7-8-2-1-5-15-8/h3-4,6,8H,1-2,5,7,12H2. The summed E-state index contributed by atoms with van der Waals surface area (Å²) in [5.74, 6) is -0.421. The van der Waals surface area contributed by atoms with Crippen molar-refractivity contribution in [2.45, 2.75) is 18.9 Å². The third kappa shape index (κ3) is 2.49. The molecular formula is C11H14N2O3. The fraction of sp³-hybridized carbons (Fsp3) is 0.455. The van der Waals surface area contributed by atoms with Crippen LogP contribution in [0.1, 0.15) is 23.2 Å². The van der Waals surface area contributed by atoms with Crippen molar-refractivity contribution in [2.24, 2.45) is 0 Å². The second-order valence-electron chi connectivity index (χ2n) is 3.70. The molecule has 1 saturated heterocycles. The van der Waals surface area contributed by atoms with Crippen molar-refractivity contribution in [2.75, 3.05) is 18.9 Å². The Kier molecular flexibility index (Phi) is 3.36. The van der Waals surface area contributed by atoms with E-state index in [9.17, 15) is 4.79 Å². The van der Waals surface area contributed by atoms with E-state index < -0.39 is 5.97 Å². The largest absolute Gasteiger partial charge is 0.459 e. The molecule has 0 aromatic carbocycles. The van der Waals surface area contributed by atoms with Crippen molar-refractivity contribution < 1.29 is 14.3 Å². The summed E-state index contributed by atoms with van der Waals surface area (Å²) in [6.45, 7) is 1.04. The minimum absolute atomic E-state index is 0.0343. The van der Waals surface area contributed by atoms with Crippen molar-refractivity contribution in [1.82, 2.24) is 4.98 Å². The number of hydrogen-bond donors (Lipinski definition) is 1. The maximum Gasteiger partial charge on any atom is 0.340 e. The molecule has 0 spiro atoms. The Morgan fingerprint density at radius 3 is 3.25 bits per heavy atom. The number of nitrogens with zero attached hydrogens (tertiary/aromatic N) is 1. The number of pyridine rings is 1. The molecule has 0 bridgehead atoms. The van der Waals surface area contributed by atoms with Crippen LogP contribution in [-0.4, -0.2) is 30.3 Å². The van der Waals surface area contributed by atoms with Gasteiger partial charge in [0.05, 0.1) is 23.6 Å². The minimum atomic E-state index is -0.421. The Bertz CT molecular complexity index is 375. The van der Waals surface area contributed by atoms with E-state index in [0.29, 0.717) is 17.9 Å². The molecule has 1 atom stereocenters. The Morgan fingerprint density at radius 1 is 1.69 bits per heavy atom. The van der Waals surface area contributed by atoms with Crippen LogP contribution in [0.25, 0.3) is 0 Å². The second-order valence-corrected chi connectivity index (χ2v) is 3.70. The first-order valence-corrected chi connectivity index (χ1v) is 5.25. The fourth-order valence-corrected chi connectivity index (χ4v) is 1.61. The summed E-state index contributed by atoms with van der Waals surface area (Å²) >= 11 is 0. The van der Waals surface area contributed by atoms with Gasteiger partial charge >= 0.3 is 5.97 Å². The van der Waals surface area contributed by atoms with Crippen molar-refractivity contribution in [1.29, 1.82) is 0 Å². The molecule has 0 saturated carbocycles. The van der Waals surface area contributed by atoms with Gasteiger partial charge in [0.1, 0.15) is 6.61 Å². The van der Waals surface area contributed by atoms with Crippen LogP contribution in [0, 0.1) is 0 Å². The van der Waals surface area contributed by atoms with Crippen molar-refractivity contribution >= 4 is 11.7 Å². The van der Waals surface area contributed by atoms with Crippen LogP contribution >= 0.6 is 0 Å². The average molecular weight is 222 g/mol. The lowest BCUT2D eigenvalue weighted by atomic mass is 10.2. The van der Waals surface area contributed by atoms with Crippen LogP contribution in [0.2, 0.25) is 0 Å². The molecule has 1 aliphatic heterocycles. The maximum absolute atomic E-state index is 11.6. The summed E-state index contributed by atoms with van der Waals surface area (Å²) in [5.41, 5.74) is 6.30. The summed E-state index contributed by atoms with van der Waals surface area (Å²) in [5, 5.41) is 0. The fourth-order valence-electron chi connectivity index (χ4n) is 1.61. The highest BCUT2D eigenvalue weighted by Gasteiger charge is 2.18. The van der Waals surface area contributed by atoms with Gasteiger partial charge in [-0.15, -0.1) is 0 Å². The van der Waals surface area contributed by atoms with E-state index in [1.54, 1.807) is 6.07 Å². The number of ether oxygens (including phenoxy) is 2. The van der Waals surface area contributed by atoms with E-state index in [0.717, 1.165) is 19.4 Å². The molecule has 86 valence electrons. The summed E-state index contributed by atoms with van der Waals surface area (Å²) in [6, 6.07) is 1.55. The van der Waals surface area contributed by atoms with Gasteiger partial charge < -0.3 is 15.2 Å². The molecule has 2 heterocycles. The average Bonchev–Trinajstić information content (AvgIpc) is 2.79. The van der Waals surface area contributed by atoms with Gasteiger partial charge in [-0.3, -0.25) is 4.98 Å². The van der Waals surface area contributed by atoms with E-state index in [1.165, 1.54) is 12.4 Å². The SMILES string of the molecule is Nc1cnccc1C(=O)OCC1CCCO1. The van der Waals surface area contributed by atoms with Gasteiger partial charge in [-0.25, -0.2) is 4.79 Å². The van der Waals surface area contributed by atoms with E-state index in [-0.39, 0.29) is 6.10 Å². The lowest BCUT2D eigenvalue weighted by Crippen LogP contribution is -2.18. The van der Waals surface area contributed by atoms with Crippen LogP contribution in [0.15, 0.2) is 18.5 Å². The van der Waals surface area contributed by atoms with Crippen LogP contribution in [-0.2, 0) is 9.47 Å². The molecule has 2 rings (SSSR count). The van der Waals surface area contributed by atoms with Gasteiger partial charge in [-0.1, -0.05) is 0 Å². The number of nitrogens with two attached hydrogens (primary N) is 1. The topological polar surface area (TPSA) is 74.4 Å². The molecule has 0 aliphatic carbocycles. The van der Waals surface area contributed by atoms with Crippen LogP contribution < -0.4 is 5.73 Å². The molecule has 0 amide bonds. The number of carbonyl (C=O) groups excluding carboxylic acids is 1. The lowest BCUT2D eigenvalue weighted by Gasteiger charge is -2.10. The highest BCUT2D eigenvalue weighted by molar-refractivity contribution is 5.94. The predicted molar refractivity (Wildman–Crippen MR) is 57.9 cm³/mol. The number of esters is 1. The highest BCUT2D eigenvalue weighted by Crippen LogP contribution is 2.14. The molecule has 5 nitrogen and oxygen atoms in total. The molecule has 1 aromatic heterocycles. The summed E-state index contributed by atoms with van der Waals surface area (Å²) in [7, 11) is 0. The first kappa shape index (κ1) is 10.9. The zero-order valence-corrected chi connectivity index (χ0v) is 8.89. The van der Waals surface area contributed by atoms with E-state index in [2.05, 4.69) is 4.98 Å². The van der Waals surface area contributed by atoms with Gasteiger partial charge in [0.25, 0.3) is 0 Å². The molecule has 1 aromatic rings. The third-order valence-corrected chi connectivity index (χ3v) is 2.50. The summed E-state index contributed by atoms with van der Waals surface area (Å²) in [4.78, 5) is 15.4. The van der Waals surface area contributed by atoms with E-state index in [1.807, 2.05) is 0 Å². The molecule has 1 fully saturated rings. The van der Waals surface area contributed by atoms with Crippen molar-refractivity contribution in [3.8, 4) is 0 Å². The Morgan fingerprint density at radius 2 is 2.56 bits per heavy atom. The van der Waals surface area contributed by atoms with Crippen molar-refractivity contribution in [3.63, 3.8) is 0 Å². The number of aromatic nitrogens is 1. The van der Waals surface area contributed by atoms with Gasteiger partial charge in [0.15, 0.2) is 0 Å². The number of hydrogen-bond acceptors (Lipinski definition) is 5. The normalized spacial score (nSPS) is 19.6. The Balaban J connectivity index is 1.90. The van der Waals surface area contributed by atoms with Crippen LogP contribution in [0.3, 0.4) is 0 Å². The molecular weight excluding hydrogens is 208 g/mol. The van der Waals surface area contributed by atoms with Gasteiger partial charge in [0, 0.05) is 12.8 Å². The number of rotatable bonds is 3. The molecule has 16 heavy (non-hydrogen) atoms. The van der Waals surface area contributed by atoms with Gasteiger partial charge in [-0.2, -0.15) is 0 Å². The smallest absolute Gasteiger partial charge is 0.340 e. The van der Waals surface area contributed by atoms with Crippen LogP contribution in [0.5, 0.6) is 0 Å². The number of anilines is 1. The Labute approximate surface area is 93.6 Å². The first-order valence-electron chi connectivity index (χ1n) is 5.25. The first-order chi connectivity index (χ1) is 7.77. The minimum Gasteiger partial charge on any atom is -0.459 e. The Hall–Kier alpha value is -1.62. The lowest BCUT2D eigenvalue weighted by molar-refractivity contribution is 0.0162. The highest BCUT2D eigenvalue weighted by atomic mass is 16.6. The van der Waals surface area contributed by atoms with Crippen molar-refractivity contribution in [3.05, 3.63) is 24.0 Å². The maximum atomic E-state index is 11.6. The quantitative estimate of drug-likeness (QED) is 0.772. The zero-order valence-electron chi connectivity index (χ0n) is 8.89. The number of nitrogen functional groups attached to an aromatic ring is 1. The predicted octanol–water partition coefficient (Wildman–Crippen LogP) is 1.000. The molecule has 2 N–H and O–H groups in total. The summed E-state index contributed by atoms with van der Waals surface area (Å²) < 4.78 is 10.5. The molecule has 1 unspecified atom stereocenters. The van der Waals surface area contributed by atoms with Gasteiger partial charge in [0.2, 0.25) is 0 Å². The molecule has 5 heteroatoms. The molecule has 1 aliphatic rings. The van der Waals surface area contributed by atoms with Gasteiger partial charge in [-0.05, 0) is 18.9 Å². The van der Waals surface area contributed by atoms with E-state index >= 15 is 0 Å². The van der Waals surface area contributed by atoms with E-state index in [4.69, 9.17) is 15.2 Å². The zero-order chi connectivity index (χ0) is 11.4.